The molecule has 3 aliphatic heterocycles. The van der Waals surface area contributed by atoms with Crippen LogP contribution < -0.4 is 9.47 Å². The maximum Gasteiger partial charge on any atom is 0.165 e. The molecule has 43 heavy (non-hydrogen) atoms. The standard InChI is InChI=1S/C36H53NO6/c1-32(2,3)33(4,38)26-21-34-13-14-36(26,39-5)31-35(34)15-16-37(22-23-9-10-23)27(34)20-24-11-12-25(30(43-31)29(24)35)40-18-19-42-28-8-6-7-17-41-28/h11-12,23,26-28,31,38H,6-10,13-22H2,1-5H3/t26-,27?,28?,31?,33+,34-,35+,36-/m0/s1. The molecule has 1 aromatic carbocycles. The van der Waals surface area contributed by atoms with Gasteiger partial charge in [-0.2, -0.15) is 0 Å². The highest BCUT2D eigenvalue weighted by atomic mass is 16.7. The normalized spacial score (nSPS) is 41.0. The van der Waals surface area contributed by atoms with Crippen molar-refractivity contribution >= 4 is 0 Å². The molecule has 7 heteroatoms. The van der Waals surface area contributed by atoms with Gasteiger partial charge in [0.05, 0.1) is 12.2 Å². The Morgan fingerprint density at radius 3 is 2.60 bits per heavy atom. The summed E-state index contributed by atoms with van der Waals surface area (Å²) in [4.78, 5) is 2.87. The van der Waals surface area contributed by atoms with Gasteiger partial charge in [0.15, 0.2) is 17.8 Å². The van der Waals surface area contributed by atoms with Crippen molar-refractivity contribution in [3.63, 3.8) is 0 Å². The Labute approximate surface area is 257 Å². The number of piperidine rings is 1. The van der Waals surface area contributed by atoms with Gasteiger partial charge in [-0.1, -0.05) is 26.8 Å². The lowest BCUT2D eigenvalue weighted by Crippen LogP contribution is -2.83. The average molecular weight is 596 g/mol. The molecule has 0 radical (unpaired) electrons. The van der Waals surface area contributed by atoms with Crippen LogP contribution in [0.15, 0.2) is 12.1 Å². The summed E-state index contributed by atoms with van der Waals surface area (Å²) in [7, 11) is 1.87. The van der Waals surface area contributed by atoms with Crippen molar-refractivity contribution in [2.75, 3.05) is 40.0 Å². The Bertz CT molecular complexity index is 1250. The third-order valence-electron chi connectivity index (χ3n) is 13.6. The molecular formula is C36H53NO6. The molecule has 1 N–H and O–H groups in total. The molecule has 7 nitrogen and oxygen atoms in total. The van der Waals surface area contributed by atoms with Crippen LogP contribution in [0, 0.1) is 22.7 Å². The largest absolute Gasteiger partial charge is 0.487 e. The zero-order valence-corrected chi connectivity index (χ0v) is 27.1. The number of likely N-dealkylation sites (tertiary alicyclic amines) is 1. The summed E-state index contributed by atoms with van der Waals surface area (Å²) in [6, 6.07) is 4.94. The number of hydrogen-bond acceptors (Lipinski definition) is 7. The lowest BCUT2D eigenvalue weighted by molar-refractivity contribution is -0.312. The molecule has 9 rings (SSSR count). The summed E-state index contributed by atoms with van der Waals surface area (Å²) >= 11 is 0. The van der Waals surface area contributed by atoms with E-state index in [1.54, 1.807) is 0 Å². The maximum absolute atomic E-state index is 12.4. The topological polar surface area (TPSA) is 69.6 Å². The van der Waals surface area contributed by atoms with E-state index in [0.717, 1.165) is 81.9 Å². The van der Waals surface area contributed by atoms with Gasteiger partial charge in [-0.05, 0) is 101 Å². The van der Waals surface area contributed by atoms with Crippen molar-refractivity contribution < 1.29 is 28.8 Å². The van der Waals surface area contributed by atoms with E-state index < -0.39 is 11.2 Å². The van der Waals surface area contributed by atoms with E-state index >= 15 is 0 Å². The van der Waals surface area contributed by atoms with E-state index in [4.69, 9.17) is 23.7 Å². The predicted octanol–water partition coefficient (Wildman–Crippen LogP) is 5.63. The molecule has 8 aliphatic rings. The van der Waals surface area contributed by atoms with Crippen LogP contribution in [0.2, 0.25) is 0 Å². The molecule has 6 fully saturated rings. The first-order valence-electron chi connectivity index (χ1n) is 17.3. The van der Waals surface area contributed by atoms with Crippen LogP contribution in [0.4, 0.5) is 0 Å². The molecule has 2 spiro atoms. The number of benzene rings is 1. The van der Waals surface area contributed by atoms with Crippen LogP contribution in [-0.2, 0) is 26.0 Å². The molecule has 1 aromatic rings. The fraction of sp³-hybridized carbons (Fsp3) is 0.833. The van der Waals surface area contributed by atoms with E-state index in [9.17, 15) is 5.11 Å². The summed E-state index contributed by atoms with van der Waals surface area (Å²) in [5.74, 6) is 2.60. The summed E-state index contributed by atoms with van der Waals surface area (Å²) in [6.45, 7) is 12.7. The van der Waals surface area contributed by atoms with E-state index in [-0.39, 0.29) is 34.6 Å². The van der Waals surface area contributed by atoms with Gasteiger partial charge in [0.25, 0.3) is 0 Å². The van der Waals surface area contributed by atoms with Gasteiger partial charge in [0.2, 0.25) is 0 Å². The van der Waals surface area contributed by atoms with Crippen LogP contribution in [0.1, 0.15) is 96.6 Å². The number of nitrogens with zero attached hydrogens (tertiary/aromatic N) is 1. The Hall–Kier alpha value is -1.38. The summed E-state index contributed by atoms with van der Waals surface area (Å²) in [6.07, 6.45) is 10.9. The lowest BCUT2D eigenvalue weighted by atomic mass is 9.33. The van der Waals surface area contributed by atoms with Gasteiger partial charge in [-0.15, -0.1) is 0 Å². The quantitative estimate of drug-likeness (QED) is 0.371. The molecule has 238 valence electrons. The molecule has 4 saturated carbocycles. The molecule has 0 aromatic heterocycles. The number of hydrogen-bond donors (Lipinski definition) is 1. The van der Waals surface area contributed by atoms with Crippen LogP contribution >= 0.6 is 0 Å². The molecule has 2 saturated heterocycles. The lowest BCUT2D eigenvalue weighted by Gasteiger charge is -2.75. The highest BCUT2D eigenvalue weighted by molar-refractivity contribution is 5.63. The van der Waals surface area contributed by atoms with E-state index in [1.807, 2.05) is 7.11 Å². The minimum Gasteiger partial charge on any atom is -0.487 e. The van der Waals surface area contributed by atoms with Crippen molar-refractivity contribution in [2.24, 2.45) is 22.7 Å². The van der Waals surface area contributed by atoms with Gasteiger partial charge in [0.1, 0.15) is 18.3 Å². The molecule has 5 aliphatic carbocycles. The zero-order valence-electron chi connectivity index (χ0n) is 27.1. The molecule has 4 bridgehead atoms. The van der Waals surface area contributed by atoms with E-state index in [0.29, 0.717) is 19.3 Å². The third kappa shape index (κ3) is 3.90. The Kier molecular flexibility index (Phi) is 6.63. The highest BCUT2D eigenvalue weighted by Crippen LogP contribution is 2.78. The fourth-order valence-electron chi connectivity index (χ4n) is 10.9. The van der Waals surface area contributed by atoms with Crippen molar-refractivity contribution in [3.05, 3.63) is 23.3 Å². The Balaban J connectivity index is 1.19. The van der Waals surface area contributed by atoms with E-state index in [1.165, 1.54) is 30.5 Å². The molecule has 3 heterocycles. The van der Waals surface area contributed by atoms with Crippen LogP contribution in [0.25, 0.3) is 0 Å². The molecule has 0 amide bonds. The Morgan fingerprint density at radius 1 is 1.05 bits per heavy atom. The van der Waals surface area contributed by atoms with Gasteiger partial charge < -0.3 is 28.8 Å². The second-order valence-corrected chi connectivity index (χ2v) is 16.3. The average Bonchev–Trinajstić information content (AvgIpc) is 3.74. The van der Waals surface area contributed by atoms with Crippen molar-refractivity contribution in [3.8, 4) is 11.5 Å². The predicted molar refractivity (Wildman–Crippen MR) is 164 cm³/mol. The van der Waals surface area contributed by atoms with Crippen LogP contribution in [0.5, 0.6) is 11.5 Å². The third-order valence-corrected chi connectivity index (χ3v) is 13.6. The van der Waals surface area contributed by atoms with Crippen LogP contribution in [-0.4, -0.2) is 79.7 Å². The maximum atomic E-state index is 12.4. The van der Waals surface area contributed by atoms with Gasteiger partial charge in [-0.3, -0.25) is 4.90 Å². The first-order valence-corrected chi connectivity index (χ1v) is 17.3. The molecular weight excluding hydrogens is 542 g/mol. The van der Waals surface area contributed by atoms with Crippen molar-refractivity contribution in [1.82, 2.24) is 4.90 Å². The first kappa shape index (κ1) is 29.1. The minimum absolute atomic E-state index is 0.0237. The number of ether oxygens (including phenoxy) is 5. The van der Waals surface area contributed by atoms with Gasteiger partial charge >= 0.3 is 0 Å². The van der Waals surface area contributed by atoms with Gasteiger partial charge in [-0.25, -0.2) is 0 Å². The number of methoxy groups -OCH3 is 1. The SMILES string of the molecule is CO[C@@]12CC[C@]3(C[C@H]1[C@@](C)(O)C(C)(C)C)C1Cc4ccc(OCCOC5CCCCO5)c5c4[C@]3(CCN1CC1CC1)C2O5. The Morgan fingerprint density at radius 2 is 1.88 bits per heavy atom. The first-order chi connectivity index (χ1) is 20.6. The second-order valence-electron chi connectivity index (χ2n) is 16.3. The summed E-state index contributed by atoms with van der Waals surface area (Å²) < 4.78 is 32.3. The molecule has 8 atom stereocenters. The summed E-state index contributed by atoms with van der Waals surface area (Å²) in [5.41, 5.74) is 0.996. The molecule has 3 unspecified atom stereocenters. The van der Waals surface area contributed by atoms with Crippen molar-refractivity contribution in [1.29, 1.82) is 0 Å². The summed E-state index contributed by atoms with van der Waals surface area (Å²) in [5, 5.41) is 12.4. The minimum atomic E-state index is -0.913. The second kappa shape index (κ2) is 9.81. The smallest absolute Gasteiger partial charge is 0.165 e. The number of rotatable bonds is 9. The number of aliphatic hydroxyl groups is 1. The van der Waals surface area contributed by atoms with E-state index in [2.05, 4.69) is 44.7 Å². The van der Waals surface area contributed by atoms with Crippen molar-refractivity contribution in [2.45, 2.75) is 127 Å². The fourth-order valence-corrected chi connectivity index (χ4v) is 10.9. The number of fused-ring (bicyclic) bond motifs is 2. The highest BCUT2D eigenvalue weighted by Gasteiger charge is 2.82. The van der Waals surface area contributed by atoms with Gasteiger partial charge in [0, 0.05) is 48.6 Å². The monoisotopic (exact) mass is 595 g/mol. The zero-order chi connectivity index (χ0) is 29.8. The van der Waals surface area contributed by atoms with Crippen LogP contribution in [0.3, 0.4) is 0 Å².